The Morgan fingerprint density at radius 3 is 2.53 bits per heavy atom. The van der Waals surface area contributed by atoms with Crippen LogP contribution in [0.1, 0.15) is 61.2 Å². The van der Waals surface area contributed by atoms with Gasteiger partial charge in [0.2, 0.25) is 0 Å². The number of halogens is 3. The molecule has 0 saturated heterocycles. The predicted molar refractivity (Wildman–Crippen MR) is 114 cm³/mol. The van der Waals surface area contributed by atoms with Crippen LogP contribution in [0.4, 0.5) is 13.2 Å². The zero-order valence-corrected chi connectivity index (χ0v) is 18.9. The SMILES string of the molecule is CCc1cnc(-n2ncnc2[C@H](C)NC(=O)c2cc(OC(F)(F)F)cc(C(C)(C)C#N)c2)cn1. The maximum Gasteiger partial charge on any atom is 0.573 e. The first-order valence-corrected chi connectivity index (χ1v) is 10.3. The van der Waals surface area contributed by atoms with Gasteiger partial charge in [-0.25, -0.2) is 9.97 Å². The van der Waals surface area contributed by atoms with Crippen molar-refractivity contribution in [3.8, 4) is 17.6 Å². The van der Waals surface area contributed by atoms with Crippen molar-refractivity contribution >= 4 is 5.91 Å². The van der Waals surface area contributed by atoms with Gasteiger partial charge in [0.1, 0.15) is 12.1 Å². The summed E-state index contributed by atoms with van der Waals surface area (Å²) in [7, 11) is 0. The average molecular weight is 473 g/mol. The number of alkyl halides is 3. The summed E-state index contributed by atoms with van der Waals surface area (Å²) < 4.78 is 43.9. The van der Waals surface area contributed by atoms with Crippen molar-refractivity contribution in [2.24, 2.45) is 0 Å². The van der Waals surface area contributed by atoms with Gasteiger partial charge in [-0.2, -0.15) is 15.0 Å². The maximum absolute atomic E-state index is 13.0. The molecule has 0 unspecified atom stereocenters. The largest absolute Gasteiger partial charge is 0.573 e. The van der Waals surface area contributed by atoms with E-state index in [1.54, 1.807) is 13.1 Å². The highest BCUT2D eigenvalue weighted by Crippen LogP contribution is 2.31. The Kier molecular flexibility index (Phi) is 6.85. The minimum absolute atomic E-state index is 0.106. The highest BCUT2D eigenvalue weighted by Gasteiger charge is 2.33. The lowest BCUT2D eigenvalue weighted by molar-refractivity contribution is -0.274. The lowest BCUT2D eigenvalue weighted by Crippen LogP contribution is -2.29. The molecule has 1 aromatic carbocycles. The minimum Gasteiger partial charge on any atom is -0.406 e. The van der Waals surface area contributed by atoms with Crippen LogP contribution in [0.5, 0.6) is 5.75 Å². The standard InChI is InChI=1S/C22H22F3N7O2/c1-5-16-9-28-18(10-27-16)32-19(29-12-30-32)13(2)31-20(33)14-6-15(21(3,4)11-26)8-17(7-14)34-22(23,24)25/h6-10,12-13H,5H2,1-4H3,(H,31,33)/t13-/m0/s1. The fourth-order valence-electron chi connectivity index (χ4n) is 3.05. The summed E-state index contributed by atoms with van der Waals surface area (Å²) in [5.74, 6) is -0.547. The number of aromatic nitrogens is 5. The van der Waals surface area contributed by atoms with Crippen molar-refractivity contribution in [2.45, 2.75) is 51.9 Å². The van der Waals surface area contributed by atoms with Gasteiger partial charge in [-0.05, 0) is 51.0 Å². The van der Waals surface area contributed by atoms with Crippen LogP contribution in [0.15, 0.2) is 36.9 Å². The summed E-state index contributed by atoms with van der Waals surface area (Å²) in [6, 6.07) is 4.72. The molecule has 0 radical (unpaired) electrons. The van der Waals surface area contributed by atoms with Crippen LogP contribution < -0.4 is 10.1 Å². The van der Waals surface area contributed by atoms with Crippen molar-refractivity contribution < 1.29 is 22.7 Å². The molecule has 0 saturated carbocycles. The first-order valence-electron chi connectivity index (χ1n) is 10.3. The molecule has 2 aromatic heterocycles. The van der Waals surface area contributed by atoms with E-state index in [4.69, 9.17) is 0 Å². The normalized spacial score (nSPS) is 12.6. The number of nitrogens with one attached hydrogen (secondary N) is 1. The number of hydrogen-bond donors (Lipinski definition) is 1. The number of carbonyl (C=O) groups excluding carboxylic acids is 1. The Labute approximate surface area is 193 Å². The molecule has 1 atom stereocenters. The lowest BCUT2D eigenvalue weighted by Gasteiger charge is -2.20. The number of carbonyl (C=O) groups is 1. The molecule has 0 aliphatic heterocycles. The van der Waals surface area contributed by atoms with E-state index in [2.05, 4.69) is 30.1 Å². The van der Waals surface area contributed by atoms with E-state index < -0.39 is 29.5 Å². The number of nitriles is 1. The fraction of sp³-hybridized carbons (Fsp3) is 0.364. The maximum atomic E-state index is 13.0. The van der Waals surface area contributed by atoms with E-state index in [-0.39, 0.29) is 11.1 Å². The molecule has 3 aromatic rings. The highest BCUT2D eigenvalue weighted by molar-refractivity contribution is 5.95. The molecule has 12 heteroatoms. The second-order valence-corrected chi connectivity index (χ2v) is 7.98. The number of aryl methyl sites for hydroxylation is 1. The van der Waals surface area contributed by atoms with Gasteiger partial charge in [0.25, 0.3) is 5.91 Å². The van der Waals surface area contributed by atoms with Gasteiger partial charge in [0, 0.05) is 5.56 Å². The van der Waals surface area contributed by atoms with Crippen LogP contribution in [0.25, 0.3) is 5.82 Å². The molecule has 1 amide bonds. The average Bonchev–Trinajstić information content (AvgIpc) is 3.28. The molecule has 3 rings (SSSR count). The summed E-state index contributed by atoms with van der Waals surface area (Å²) >= 11 is 0. The van der Waals surface area contributed by atoms with Crippen molar-refractivity contribution in [3.63, 3.8) is 0 Å². The second-order valence-electron chi connectivity index (χ2n) is 7.98. The highest BCUT2D eigenvalue weighted by atomic mass is 19.4. The van der Waals surface area contributed by atoms with Crippen LogP contribution in [0.2, 0.25) is 0 Å². The van der Waals surface area contributed by atoms with Crippen LogP contribution in [0, 0.1) is 11.3 Å². The smallest absolute Gasteiger partial charge is 0.406 e. The number of amides is 1. The first-order chi connectivity index (χ1) is 15.9. The molecule has 178 valence electrons. The number of hydrogen-bond acceptors (Lipinski definition) is 7. The molecule has 1 N–H and O–H groups in total. The third-order valence-corrected chi connectivity index (χ3v) is 4.98. The zero-order chi connectivity index (χ0) is 25.1. The van der Waals surface area contributed by atoms with E-state index in [1.165, 1.54) is 37.1 Å². The molecule has 9 nitrogen and oxygen atoms in total. The van der Waals surface area contributed by atoms with Gasteiger partial charge in [0.05, 0.1) is 35.6 Å². The van der Waals surface area contributed by atoms with Crippen molar-refractivity contribution in [1.82, 2.24) is 30.0 Å². The Bertz CT molecular complexity index is 1210. The third-order valence-electron chi connectivity index (χ3n) is 4.98. The summed E-state index contributed by atoms with van der Waals surface area (Å²) in [4.78, 5) is 25.7. The fourth-order valence-corrected chi connectivity index (χ4v) is 3.05. The van der Waals surface area contributed by atoms with E-state index in [9.17, 15) is 23.2 Å². The molecular weight excluding hydrogens is 451 g/mol. The lowest BCUT2D eigenvalue weighted by atomic mass is 9.85. The van der Waals surface area contributed by atoms with Crippen molar-refractivity contribution in [2.75, 3.05) is 0 Å². The first kappa shape index (κ1) is 24.6. The number of benzene rings is 1. The second kappa shape index (κ2) is 9.46. The van der Waals surface area contributed by atoms with Gasteiger partial charge >= 0.3 is 6.36 Å². The summed E-state index contributed by atoms with van der Waals surface area (Å²) in [5, 5.41) is 16.2. The quantitative estimate of drug-likeness (QED) is 0.554. The molecule has 2 heterocycles. The van der Waals surface area contributed by atoms with Gasteiger partial charge < -0.3 is 10.1 Å². The summed E-state index contributed by atoms with van der Waals surface area (Å²) in [5.41, 5.74) is -0.271. The van der Waals surface area contributed by atoms with Gasteiger partial charge in [-0.3, -0.25) is 9.78 Å². The Morgan fingerprint density at radius 1 is 1.21 bits per heavy atom. The van der Waals surface area contributed by atoms with E-state index in [0.717, 1.165) is 17.8 Å². The van der Waals surface area contributed by atoms with Crippen LogP contribution >= 0.6 is 0 Å². The third kappa shape index (κ3) is 5.67. The van der Waals surface area contributed by atoms with Gasteiger partial charge in [-0.1, -0.05) is 6.92 Å². The number of nitrogens with zero attached hydrogens (tertiary/aromatic N) is 6. The van der Waals surface area contributed by atoms with E-state index in [0.29, 0.717) is 18.1 Å². The molecule has 0 fully saturated rings. The molecule has 0 bridgehead atoms. The van der Waals surface area contributed by atoms with E-state index in [1.807, 2.05) is 13.0 Å². The monoisotopic (exact) mass is 473 g/mol. The van der Waals surface area contributed by atoms with Crippen LogP contribution in [-0.4, -0.2) is 37.0 Å². The number of rotatable bonds is 7. The topological polar surface area (TPSA) is 119 Å². The number of ether oxygens (including phenoxy) is 1. The van der Waals surface area contributed by atoms with Gasteiger partial charge in [-0.15, -0.1) is 13.2 Å². The molecular formula is C22H22F3N7O2. The van der Waals surface area contributed by atoms with Gasteiger partial charge in [0.15, 0.2) is 11.6 Å². The van der Waals surface area contributed by atoms with E-state index >= 15 is 0 Å². The molecule has 34 heavy (non-hydrogen) atoms. The molecule has 0 aliphatic carbocycles. The Hall–Kier alpha value is -4.01. The molecule has 0 spiro atoms. The van der Waals surface area contributed by atoms with Crippen molar-refractivity contribution in [1.29, 1.82) is 5.26 Å². The zero-order valence-electron chi connectivity index (χ0n) is 18.9. The summed E-state index contributed by atoms with van der Waals surface area (Å²) in [6.07, 6.45) is 0.181. The van der Waals surface area contributed by atoms with Crippen LogP contribution in [0.3, 0.4) is 0 Å². The Morgan fingerprint density at radius 2 is 1.94 bits per heavy atom. The predicted octanol–water partition coefficient (Wildman–Crippen LogP) is 3.81. The minimum atomic E-state index is -4.96. The molecule has 0 aliphatic rings. The van der Waals surface area contributed by atoms with Crippen LogP contribution in [-0.2, 0) is 11.8 Å². The Balaban J connectivity index is 1.89. The van der Waals surface area contributed by atoms with Crippen molar-refractivity contribution in [3.05, 3.63) is 59.6 Å². The summed E-state index contributed by atoms with van der Waals surface area (Å²) in [6.45, 7) is 6.64.